The van der Waals surface area contributed by atoms with Gasteiger partial charge >= 0.3 is 25.7 Å². The lowest BCUT2D eigenvalue weighted by molar-refractivity contribution is -0.161. The van der Waals surface area contributed by atoms with Gasteiger partial charge in [-0.25, -0.2) is 4.57 Å². The highest BCUT2D eigenvalue weighted by molar-refractivity contribution is 7.47. The maximum atomic E-state index is 13.0. The Labute approximate surface area is 516 Å². The second-order valence-electron chi connectivity index (χ2n) is 23.3. The molecule has 0 saturated carbocycles. The topological polar surface area (TPSA) is 155 Å². The molecule has 2 N–H and O–H groups in total. The van der Waals surface area contributed by atoms with Crippen molar-refractivity contribution in [1.82, 2.24) is 0 Å². The maximum Gasteiger partial charge on any atom is 0.472 e. The van der Waals surface area contributed by atoms with Crippen LogP contribution < -0.4 is 0 Å². The van der Waals surface area contributed by atoms with Crippen LogP contribution in [-0.4, -0.2) is 66.5 Å². The van der Waals surface area contributed by atoms with Crippen molar-refractivity contribution in [2.24, 2.45) is 0 Å². The van der Waals surface area contributed by atoms with E-state index in [9.17, 15) is 28.9 Å². The number of carbonyl (C=O) groups is 3. The highest BCUT2D eigenvalue weighted by atomic mass is 31.2. The van der Waals surface area contributed by atoms with Crippen LogP contribution in [0.15, 0.2) is 72.9 Å². The molecule has 0 bridgehead atoms. The third-order valence-corrected chi connectivity index (χ3v) is 16.0. The van der Waals surface area contributed by atoms with E-state index in [-0.39, 0.29) is 25.9 Å². The summed E-state index contributed by atoms with van der Waals surface area (Å²) in [7, 11) is -4.76. The Morgan fingerprint density at radius 1 is 0.333 bits per heavy atom. The van der Waals surface area contributed by atoms with Gasteiger partial charge < -0.3 is 24.2 Å². The third kappa shape index (κ3) is 63.4. The number of ether oxygens (including phenoxy) is 3. The fourth-order valence-corrected chi connectivity index (χ4v) is 10.5. The number of carbonyl (C=O) groups excluding carboxylic acids is 3. The summed E-state index contributed by atoms with van der Waals surface area (Å²) < 4.78 is 39.8. The smallest absolute Gasteiger partial charge is 0.462 e. The first kappa shape index (κ1) is 80.9. The number of unbranched alkanes of at least 4 members (excludes halogenated alkanes) is 36. The zero-order valence-electron chi connectivity index (χ0n) is 54.4. The normalized spacial score (nSPS) is 13.6. The van der Waals surface area contributed by atoms with E-state index in [0.717, 1.165) is 103 Å². The lowest BCUT2D eigenvalue weighted by Crippen LogP contribution is -2.30. The van der Waals surface area contributed by atoms with Crippen molar-refractivity contribution in [1.29, 1.82) is 0 Å². The summed E-state index contributed by atoms with van der Waals surface area (Å²) in [5, 5.41) is 9.88. The molecule has 0 radical (unpaired) electrons. The van der Waals surface area contributed by atoms with Crippen molar-refractivity contribution in [3.63, 3.8) is 0 Å². The van der Waals surface area contributed by atoms with Gasteiger partial charge in [0.15, 0.2) is 6.10 Å². The number of rotatable bonds is 65. The molecular formula is C72H129O11P. The van der Waals surface area contributed by atoms with Gasteiger partial charge in [0, 0.05) is 19.3 Å². The Hall–Kier alpha value is -3.08. The molecule has 0 aliphatic heterocycles. The van der Waals surface area contributed by atoms with E-state index >= 15 is 0 Å². The molecule has 3 atom stereocenters. The molecule has 0 aliphatic rings. The average Bonchev–Trinajstić information content (AvgIpc) is 3.53. The molecule has 84 heavy (non-hydrogen) atoms. The molecule has 12 heteroatoms. The van der Waals surface area contributed by atoms with Crippen LogP contribution in [0.1, 0.15) is 329 Å². The summed E-state index contributed by atoms with van der Waals surface area (Å²) in [6.45, 7) is 4.63. The van der Waals surface area contributed by atoms with Crippen molar-refractivity contribution in [3.8, 4) is 0 Å². The first-order valence-corrected chi connectivity index (χ1v) is 36.3. The Balaban J connectivity index is 4.69. The van der Waals surface area contributed by atoms with Crippen LogP contribution in [0.3, 0.4) is 0 Å². The largest absolute Gasteiger partial charge is 0.472 e. The number of aliphatic hydroxyl groups is 1. The minimum atomic E-state index is -4.76. The van der Waals surface area contributed by atoms with E-state index in [1.165, 1.54) is 167 Å². The standard InChI is InChI=1S/C72H129O11P/c1-4-7-10-13-16-19-22-25-28-31-34-37-40-43-46-49-52-55-58-61-70(74)79-65-69(83-72(76)63-60-57-54-51-48-45-42-39-36-33-30-27-24-21-18-15-12-9-6-3)67-81-84(77,78)80-66-68(64-73)82-71(75)62-59-56-53-50-47-44-41-38-35-32-29-26-23-20-17-14-11-8-5-2/h17-18,20-21,25-30,36,39,68-69,73H,4-16,19,22-24,31-35,37-38,40-67H2,1-3H3,(H,77,78)/b20-17-,21-18-,28-25-,29-26-,30-27-,39-36-. The molecule has 3 unspecified atom stereocenters. The lowest BCUT2D eigenvalue weighted by Gasteiger charge is -2.21. The SMILES string of the molecule is CCCCC/C=C\C/C=C\C/C=C\CCCCCCCCC(=O)OC(COC(=O)CCCCCCCCCCC/C=C\CCCCCCCC)COP(=O)(O)OCC(CO)OC(=O)CCCCCCCCCCC/C=C\C/C=C\CCCCC. The summed E-state index contributed by atoms with van der Waals surface area (Å²) in [6, 6.07) is 0. The molecule has 0 aromatic carbocycles. The summed E-state index contributed by atoms with van der Waals surface area (Å²) in [4.78, 5) is 48.9. The monoisotopic (exact) mass is 1200 g/mol. The van der Waals surface area contributed by atoms with Gasteiger partial charge in [0.1, 0.15) is 12.7 Å². The van der Waals surface area contributed by atoms with Crippen molar-refractivity contribution in [3.05, 3.63) is 72.9 Å². The number of phosphoric ester groups is 1. The van der Waals surface area contributed by atoms with Crippen LogP contribution in [0.25, 0.3) is 0 Å². The Bertz CT molecular complexity index is 1690. The van der Waals surface area contributed by atoms with E-state index in [2.05, 4.69) is 93.7 Å². The molecule has 0 heterocycles. The molecule has 0 aromatic heterocycles. The molecule has 11 nitrogen and oxygen atoms in total. The van der Waals surface area contributed by atoms with E-state index < -0.39 is 57.8 Å². The molecule has 0 amide bonds. The summed E-state index contributed by atoms with van der Waals surface area (Å²) in [5.41, 5.74) is 0. The highest BCUT2D eigenvalue weighted by Gasteiger charge is 2.28. The van der Waals surface area contributed by atoms with Crippen LogP contribution in [0.5, 0.6) is 0 Å². The van der Waals surface area contributed by atoms with E-state index in [1.54, 1.807) is 0 Å². The average molecular weight is 1200 g/mol. The zero-order chi connectivity index (χ0) is 61.2. The highest BCUT2D eigenvalue weighted by Crippen LogP contribution is 2.43. The minimum absolute atomic E-state index is 0.152. The van der Waals surface area contributed by atoms with Gasteiger partial charge in [-0.15, -0.1) is 0 Å². The Morgan fingerprint density at radius 2 is 0.583 bits per heavy atom. The predicted molar refractivity (Wildman–Crippen MR) is 353 cm³/mol. The molecule has 0 rings (SSSR count). The van der Waals surface area contributed by atoms with Gasteiger partial charge in [0.25, 0.3) is 0 Å². The fourth-order valence-electron chi connectivity index (χ4n) is 9.74. The Kier molecular flexibility index (Phi) is 63.5. The fraction of sp³-hybridized carbons (Fsp3) is 0.792. The van der Waals surface area contributed by atoms with Gasteiger partial charge in [-0.3, -0.25) is 23.4 Å². The second kappa shape index (κ2) is 65.9. The van der Waals surface area contributed by atoms with Crippen molar-refractivity contribution in [2.75, 3.05) is 26.4 Å². The molecule has 0 spiro atoms. The molecule has 0 saturated heterocycles. The first-order chi connectivity index (χ1) is 41.2. The quantitative estimate of drug-likeness (QED) is 0.0197. The maximum absolute atomic E-state index is 13.0. The molecule has 0 fully saturated rings. The summed E-state index contributed by atoms with van der Waals surface area (Å²) in [5.74, 6) is -1.47. The van der Waals surface area contributed by atoms with Crippen LogP contribution in [-0.2, 0) is 42.2 Å². The van der Waals surface area contributed by atoms with Crippen molar-refractivity contribution >= 4 is 25.7 Å². The van der Waals surface area contributed by atoms with Gasteiger partial charge in [0.05, 0.1) is 19.8 Å². The predicted octanol–water partition coefficient (Wildman–Crippen LogP) is 21.6. The summed E-state index contributed by atoms with van der Waals surface area (Å²) >= 11 is 0. The molecule has 0 aromatic rings. The van der Waals surface area contributed by atoms with Gasteiger partial charge in [-0.2, -0.15) is 0 Å². The molecular weight excluding hydrogens is 1070 g/mol. The van der Waals surface area contributed by atoms with E-state index in [1.807, 2.05) is 0 Å². The van der Waals surface area contributed by atoms with Crippen LogP contribution in [0.2, 0.25) is 0 Å². The third-order valence-electron chi connectivity index (χ3n) is 15.1. The lowest BCUT2D eigenvalue weighted by atomic mass is 10.1. The number of hydrogen-bond donors (Lipinski definition) is 2. The van der Waals surface area contributed by atoms with Crippen molar-refractivity contribution < 1.29 is 52.2 Å². The van der Waals surface area contributed by atoms with Crippen LogP contribution >= 0.6 is 7.82 Å². The number of esters is 3. The minimum Gasteiger partial charge on any atom is -0.462 e. The van der Waals surface area contributed by atoms with Crippen LogP contribution in [0, 0.1) is 0 Å². The zero-order valence-corrected chi connectivity index (χ0v) is 55.3. The number of allylic oxidation sites excluding steroid dienone is 12. The number of hydrogen-bond acceptors (Lipinski definition) is 10. The van der Waals surface area contributed by atoms with Gasteiger partial charge in [-0.1, -0.05) is 267 Å². The van der Waals surface area contributed by atoms with Gasteiger partial charge in [0.2, 0.25) is 0 Å². The van der Waals surface area contributed by atoms with E-state index in [4.69, 9.17) is 23.3 Å². The Morgan fingerprint density at radius 3 is 0.929 bits per heavy atom. The van der Waals surface area contributed by atoms with E-state index in [0.29, 0.717) is 19.3 Å². The first-order valence-electron chi connectivity index (χ1n) is 34.8. The van der Waals surface area contributed by atoms with Gasteiger partial charge in [-0.05, 0) is 116 Å². The molecule has 0 aliphatic carbocycles. The summed E-state index contributed by atoms with van der Waals surface area (Å²) in [6.07, 6.45) is 77.0. The second-order valence-corrected chi connectivity index (χ2v) is 24.8. The van der Waals surface area contributed by atoms with Crippen LogP contribution in [0.4, 0.5) is 0 Å². The number of aliphatic hydroxyl groups excluding tert-OH is 1. The number of phosphoric acid groups is 1. The van der Waals surface area contributed by atoms with Crippen molar-refractivity contribution in [2.45, 2.75) is 341 Å². The molecule has 488 valence electrons.